The SMILES string of the molecule is CC(C)N(C)CCNC(=O)c1ccc(F)cc1C#CCO. The molecule has 0 spiro atoms. The van der Waals surface area contributed by atoms with E-state index in [-0.39, 0.29) is 18.1 Å². The lowest BCUT2D eigenvalue weighted by Gasteiger charge is -2.20. The van der Waals surface area contributed by atoms with Crippen molar-refractivity contribution in [2.45, 2.75) is 19.9 Å². The van der Waals surface area contributed by atoms with Crippen LogP contribution in [-0.2, 0) is 0 Å². The average molecular weight is 292 g/mol. The second-order valence-electron chi connectivity index (χ2n) is 4.98. The van der Waals surface area contributed by atoms with Crippen molar-refractivity contribution in [1.29, 1.82) is 0 Å². The first-order valence-corrected chi connectivity index (χ1v) is 6.83. The summed E-state index contributed by atoms with van der Waals surface area (Å²) in [6, 6.07) is 4.22. The van der Waals surface area contributed by atoms with Gasteiger partial charge in [-0.15, -0.1) is 0 Å². The molecule has 0 aliphatic heterocycles. The van der Waals surface area contributed by atoms with Crippen LogP contribution in [0.15, 0.2) is 18.2 Å². The van der Waals surface area contributed by atoms with Crippen LogP contribution in [0.1, 0.15) is 29.8 Å². The molecule has 0 aliphatic carbocycles. The summed E-state index contributed by atoms with van der Waals surface area (Å²) >= 11 is 0. The van der Waals surface area contributed by atoms with Crippen molar-refractivity contribution in [2.24, 2.45) is 0 Å². The summed E-state index contributed by atoms with van der Waals surface area (Å²) in [6.45, 7) is 5.03. The van der Waals surface area contributed by atoms with Crippen molar-refractivity contribution in [3.63, 3.8) is 0 Å². The zero-order valence-electron chi connectivity index (χ0n) is 12.6. The molecule has 0 aromatic heterocycles. The average Bonchev–Trinajstić information content (AvgIpc) is 2.44. The van der Waals surface area contributed by atoms with E-state index in [1.54, 1.807) is 0 Å². The molecule has 0 unspecified atom stereocenters. The van der Waals surface area contributed by atoms with Crippen LogP contribution in [0.5, 0.6) is 0 Å². The Morgan fingerprint density at radius 3 is 2.81 bits per heavy atom. The minimum Gasteiger partial charge on any atom is -0.384 e. The number of rotatable bonds is 5. The van der Waals surface area contributed by atoms with Crippen LogP contribution >= 0.6 is 0 Å². The minimum atomic E-state index is -0.465. The lowest BCUT2D eigenvalue weighted by Crippen LogP contribution is -2.36. The quantitative estimate of drug-likeness (QED) is 0.803. The van der Waals surface area contributed by atoms with Crippen LogP contribution in [0, 0.1) is 17.7 Å². The first-order chi connectivity index (χ1) is 9.95. The van der Waals surface area contributed by atoms with Gasteiger partial charge in [-0.05, 0) is 39.1 Å². The third-order valence-electron chi connectivity index (χ3n) is 3.16. The van der Waals surface area contributed by atoms with Gasteiger partial charge in [-0.25, -0.2) is 4.39 Å². The minimum absolute atomic E-state index is 0.277. The molecule has 0 atom stereocenters. The molecule has 1 amide bonds. The van der Waals surface area contributed by atoms with E-state index in [1.165, 1.54) is 18.2 Å². The maximum Gasteiger partial charge on any atom is 0.252 e. The van der Waals surface area contributed by atoms with Gasteiger partial charge >= 0.3 is 0 Å². The van der Waals surface area contributed by atoms with Gasteiger partial charge in [0, 0.05) is 24.7 Å². The second-order valence-corrected chi connectivity index (χ2v) is 4.98. The van der Waals surface area contributed by atoms with E-state index in [2.05, 4.69) is 35.9 Å². The maximum absolute atomic E-state index is 13.2. The predicted octanol–water partition coefficient (Wildman–Crippen LogP) is 1.24. The molecular formula is C16H21FN2O2. The largest absolute Gasteiger partial charge is 0.384 e. The van der Waals surface area contributed by atoms with E-state index in [4.69, 9.17) is 5.11 Å². The molecule has 5 heteroatoms. The molecule has 1 aromatic carbocycles. The van der Waals surface area contributed by atoms with Gasteiger partial charge in [0.25, 0.3) is 5.91 Å². The van der Waals surface area contributed by atoms with Crippen molar-refractivity contribution in [3.8, 4) is 11.8 Å². The van der Waals surface area contributed by atoms with Crippen LogP contribution in [0.2, 0.25) is 0 Å². The fourth-order valence-corrected chi connectivity index (χ4v) is 1.65. The number of nitrogens with zero attached hydrogens (tertiary/aromatic N) is 1. The molecule has 0 heterocycles. The lowest BCUT2D eigenvalue weighted by atomic mass is 10.1. The van der Waals surface area contributed by atoms with E-state index >= 15 is 0 Å². The summed E-state index contributed by atoms with van der Waals surface area (Å²) < 4.78 is 13.2. The normalized spacial score (nSPS) is 10.4. The lowest BCUT2D eigenvalue weighted by molar-refractivity contribution is 0.0948. The molecular weight excluding hydrogens is 271 g/mol. The Labute approximate surface area is 125 Å². The number of carbonyl (C=O) groups excluding carboxylic acids is 1. The monoisotopic (exact) mass is 292 g/mol. The summed E-state index contributed by atoms with van der Waals surface area (Å²) in [5.41, 5.74) is 0.586. The highest BCUT2D eigenvalue weighted by Crippen LogP contribution is 2.10. The van der Waals surface area contributed by atoms with Crippen molar-refractivity contribution in [1.82, 2.24) is 10.2 Å². The number of carbonyl (C=O) groups is 1. The summed E-state index contributed by atoms with van der Waals surface area (Å²) in [5.74, 6) is 4.26. The molecule has 0 bridgehead atoms. The number of nitrogens with one attached hydrogen (secondary N) is 1. The highest BCUT2D eigenvalue weighted by Gasteiger charge is 2.11. The summed E-state index contributed by atoms with van der Waals surface area (Å²) in [6.07, 6.45) is 0. The maximum atomic E-state index is 13.2. The molecule has 0 saturated carbocycles. The Morgan fingerprint density at radius 1 is 1.48 bits per heavy atom. The molecule has 2 N–H and O–H groups in total. The number of aliphatic hydroxyl groups is 1. The zero-order chi connectivity index (χ0) is 15.8. The van der Waals surface area contributed by atoms with Crippen molar-refractivity contribution in [3.05, 3.63) is 35.1 Å². The molecule has 4 nitrogen and oxygen atoms in total. The van der Waals surface area contributed by atoms with E-state index < -0.39 is 5.82 Å². The van der Waals surface area contributed by atoms with Gasteiger partial charge in [0.05, 0.1) is 5.56 Å². The van der Waals surface area contributed by atoms with E-state index in [1.807, 2.05) is 7.05 Å². The zero-order valence-corrected chi connectivity index (χ0v) is 12.6. The number of hydrogen-bond donors (Lipinski definition) is 2. The highest BCUT2D eigenvalue weighted by atomic mass is 19.1. The molecule has 0 aliphatic rings. The van der Waals surface area contributed by atoms with E-state index in [9.17, 15) is 9.18 Å². The summed E-state index contributed by atoms with van der Waals surface area (Å²) in [5, 5.41) is 11.5. The Balaban J connectivity index is 2.74. The van der Waals surface area contributed by atoms with Gasteiger partial charge in [0.15, 0.2) is 0 Å². The standard InChI is InChI=1S/C16H21FN2O2/c1-12(2)19(3)9-8-18-16(21)15-7-6-14(17)11-13(15)5-4-10-20/h6-7,11-12,20H,8-10H2,1-3H3,(H,18,21). The molecule has 0 fully saturated rings. The molecule has 0 saturated heterocycles. The van der Waals surface area contributed by atoms with Gasteiger partial charge in [-0.2, -0.15) is 0 Å². The van der Waals surface area contributed by atoms with Crippen molar-refractivity contribution in [2.75, 3.05) is 26.7 Å². The number of amides is 1. The van der Waals surface area contributed by atoms with Gasteiger partial charge < -0.3 is 15.3 Å². The summed E-state index contributed by atoms with van der Waals surface area (Å²) in [4.78, 5) is 14.2. The van der Waals surface area contributed by atoms with Crippen molar-refractivity contribution < 1.29 is 14.3 Å². The van der Waals surface area contributed by atoms with Gasteiger partial charge in [-0.1, -0.05) is 11.8 Å². The molecule has 114 valence electrons. The third-order valence-corrected chi connectivity index (χ3v) is 3.16. The van der Waals surface area contributed by atoms with E-state index in [0.29, 0.717) is 18.2 Å². The molecule has 0 radical (unpaired) electrons. The highest BCUT2D eigenvalue weighted by molar-refractivity contribution is 5.96. The van der Waals surface area contributed by atoms with E-state index in [0.717, 1.165) is 6.54 Å². The molecule has 1 aromatic rings. The topological polar surface area (TPSA) is 52.6 Å². The van der Waals surface area contributed by atoms with Gasteiger partial charge in [0.1, 0.15) is 12.4 Å². The number of benzene rings is 1. The Kier molecular flexibility index (Phi) is 6.86. The Bertz CT molecular complexity index is 547. The van der Waals surface area contributed by atoms with Crippen LogP contribution in [0.25, 0.3) is 0 Å². The first-order valence-electron chi connectivity index (χ1n) is 6.83. The Hall–Kier alpha value is -1.90. The first kappa shape index (κ1) is 17.2. The van der Waals surface area contributed by atoms with Crippen LogP contribution in [0.4, 0.5) is 4.39 Å². The number of hydrogen-bond acceptors (Lipinski definition) is 3. The third kappa shape index (κ3) is 5.54. The predicted molar refractivity (Wildman–Crippen MR) is 80.5 cm³/mol. The fourth-order valence-electron chi connectivity index (χ4n) is 1.65. The molecule has 1 rings (SSSR count). The smallest absolute Gasteiger partial charge is 0.252 e. The van der Waals surface area contributed by atoms with Crippen LogP contribution < -0.4 is 5.32 Å². The Morgan fingerprint density at radius 2 is 2.19 bits per heavy atom. The van der Waals surface area contributed by atoms with Gasteiger partial charge in [-0.3, -0.25) is 4.79 Å². The molecule has 21 heavy (non-hydrogen) atoms. The number of aliphatic hydroxyl groups excluding tert-OH is 1. The summed E-state index contributed by atoms with van der Waals surface area (Å²) in [7, 11) is 1.98. The number of halogens is 1. The van der Waals surface area contributed by atoms with Crippen LogP contribution in [-0.4, -0.2) is 48.7 Å². The van der Waals surface area contributed by atoms with Crippen molar-refractivity contribution >= 4 is 5.91 Å². The fraction of sp³-hybridized carbons (Fsp3) is 0.438. The van der Waals surface area contributed by atoms with Crippen LogP contribution in [0.3, 0.4) is 0 Å². The number of likely N-dealkylation sites (N-methyl/N-ethyl adjacent to an activating group) is 1. The van der Waals surface area contributed by atoms with Gasteiger partial charge in [0.2, 0.25) is 0 Å². The second kappa shape index (κ2) is 8.40.